The summed E-state index contributed by atoms with van der Waals surface area (Å²) in [6.45, 7) is 2.39. The molecule has 1 aliphatic carbocycles. The van der Waals surface area contributed by atoms with Gasteiger partial charge in [-0.25, -0.2) is 4.79 Å². The van der Waals surface area contributed by atoms with Gasteiger partial charge < -0.3 is 9.47 Å². The smallest absolute Gasteiger partial charge is 0.341 e. The monoisotopic (exact) mass is 297 g/mol. The van der Waals surface area contributed by atoms with E-state index in [2.05, 4.69) is 4.98 Å². The Morgan fingerprint density at radius 3 is 2.73 bits per heavy atom. The van der Waals surface area contributed by atoms with E-state index in [0.29, 0.717) is 23.8 Å². The number of pyridine rings is 1. The highest BCUT2D eigenvalue weighted by atomic mass is 16.5. The van der Waals surface area contributed by atoms with Crippen LogP contribution in [-0.2, 0) is 4.74 Å². The maximum Gasteiger partial charge on any atom is 0.341 e. The summed E-state index contributed by atoms with van der Waals surface area (Å²) in [5.41, 5.74) is 3.59. The number of rotatable bonds is 5. The molecule has 0 bridgehead atoms. The largest absolute Gasteiger partial charge is 0.493 e. The molecule has 0 spiro atoms. The summed E-state index contributed by atoms with van der Waals surface area (Å²) in [7, 11) is 1.39. The predicted octanol–water partition coefficient (Wildman–Crippen LogP) is 3.81. The van der Waals surface area contributed by atoms with Crippen molar-refractivity contribution in [3.05, 3.63) is 47.7 Å². The molecule has 3 rings (SSSR count). The predicted molar refractivity (Wildman–Crippen MR) is 84.2 cm³/mol. The average molecular weight is 297 g/mol. The van der Waals surface area contributed by atoms with Crippen LogP contribution in [0.2, 0.25) is 0 Å². The van der Waals surface area contributed by atoms with Crippen molar-refractivity contribution in [1.29, 1.82) is 0 Å². The molecule has 0 N–H and O–H groups in total. The van der Waals surface area contributed by atoms with Gasteiger partial charge in [-0.2, -0.15) is 0 Å². The van der Waals surface area contributed by atoms with Gasteiger partial charge in [0.1, 0.15) is 11.3 Å². The molecule has 22 heavy (non-hydrogen) atoms. The SMILES string of the molecule is CCOc1cc(-c2ccccn2)c(C2CC2)cc1C(=O)OC. The van der Waals surface area contributed by atoms with Crippen LogP contribution in [0.25, 0.3) is 11.3 Å². The molecule has 0 atom stereocenters. The van der Waals surface area contributed by atoms with Crippen LogP contribution < -0.4 is 4.74 Å². The number of aromatic nitrogens is 1. The molecule has 1 aliphatic rings. The summed E-state index contributed by atoms with van der Waals surface area (Å²) in [6.07, 6.45) is 4.07. The van der Waals surface area contributed by atoms with Gasteiger partial charge in [0.25, 0.3) is 0 Å². The molecule has 1 fully saturated rings. The molecule has 0 aliphatic heterocycles. The number of carbonyl (C=O) groups is 1. The second kappa shape index (κ2) is 6.18. The van der Waals surface area contributed by atoms with E-state index in [1.807, 2.05) is 37.3 Å². The minimum absolute atomic E-state index is 0.363. The lowest BCUT2D eigenvalue weighted by molar-refractivity contribution is 0.0596. The molecule has 1 saturated carbocycles. The standard InChI is InChI=1S/C18H19NO3/c1-3-22-17-11-14(16-6-4-5-9-19-16)13(12-7-8-12)10-15(17)18(20)21-2/h4-6,9-12H,3,7-8H2,1-2H3. The van der Waals surface area contributed by atoms with Gasteiger partial charge in [0.15, 0.2) is 0 Å². The fraction of sp³-hybridized carbons (Fsp3) is 0.333. The summed E-state index contributed by atoms with van der Waals surface area (Å²) in [5.74, 6) is 0.688. The van der Waals surface area contributed by atoms with E-state index >= 15 is 0 Å². The van der Waals surface area contributed by atoms with Gasteiger partial charge in [-0.1, -0.05) is 6.07 Å². The lowest BCUT2D eigenvalue weighted by atomic mass is 9.96. The number of hydrogen-bond donors (Lipinski definition) is 0. The summed E-state index contributed by atoms with van der Waals surface area (Å²) in [5, 5.41) is 0. The van der Waals surface area contributed by atoms with Crippen molar-refractivity contribution < 1.29 is 14.3 Å². The Bertz CT molecular complexity index is 678. The molecule has 114 valence electrons. The van der Waals surface area contributed by atoms with E-state index in [0.717, 1.165) is 29.7 Å². The van der Waals surface area contributed by atoms with Crippen LogP contribution >= 0.6 is 0 Å². The fourth-order valence-electron chi connectivity index (χ4n) is 2.62. The van der Waals surface area contributed by atoms with Crippen molar-refractivity contribution in [2.24, 2.45) is 0 Å². The van der Waals surface area contributed by atoms with Crippen molar-refractivity contribution in [1.82, 2.24) is 4.98 Å². The topological polar surface area (TPSA) is 48.4 Å². The normalized spacial score (nSPS) is 13.7. The van der Waals surface area contributed by atoms with Gasteiger partial charge in [-0.05, 0) is 55.5 Å². The zero-order valence-corrected chi connectivity index (χ0v) is 12.8. The highest BCUT2D eigenvalue weighted by Gasteiger charge is 2.29. The molecular weight excluding hydrogens is 278 g/mol. The van der Waals surface area contributed by atoms with E-state index in [-0.39, 0.29) is 5.97 Å². The number of methoxy groups -OCH3 is 1. The van der Waals surface area contributed by atoms with Crippen LogP contribution in [0.15, 0.2) is 36.5 Å². The van der Waals surface area contributed by atoms with Gasteiger partial charge in [-0.15, -0.1) is 0 Å². The first-order valence-electron chi connectivity index (χ1n) is 7.55. The van der Waals surface area contributed by atoms with Crippen LogP contribution in [0.5, 0.6) is 5.75 Å². The molecule has 1 aromatic carbocycles. The number of benzene rings is 1. The van der Waals surface area contributed by atoms with E-state index in [1.165, 1.54) is 7.11 Å². The third-order valence-corrected chi connectivity index (χ3v) is 3.81. The molecule has 0 saturated heterocycles. The number of hydrogen-bond acceptors (Lipinski definition) is 4. The Labute approximate surface area is 130 Å². The van der Waals surface area contributed by atoms with Gasteiger partial charge in [0.05, 0.1) is 19.4 Å². The first-order chi connectivity index (χ1) is 10.7. The number of nitrogens with zero attached hydrogens (tertiary/aromatic N) is 1. The quantitative estimate of drug-likeness (QED) is 0.787. The molecule has 1 heterocycles. The van der Waals surface area contributed by atoms with Gasteiger partial charge >= 0.3 is 5.97 Å². The minimum Gasteiger partial charge on any atom is -0.493 e. The van der Waals surface area contributed by atoms with Gasteiger partial charge in [0.2, 0.25) is 0 Å². The van der Waals surface area contributed by atoms with Gasteiger partial charge in [0, 0.05) is 11.8 Å². The Balaban J connectivity index is 2.16. The van der Waals surface area contributed by atoms with E-state index < -0.39 is 0 Å². The first-order valence-corrected chi connectivity index (χ1v) is 7.55. The number of ether oxygens (including phenoxy) is 2. The minimum atomic E-state index is -0.363. The van der Waals surface area contributed by atoms with Crippen molar-refractivity contribution in [3.8, 4) is 17.0 Å². The summed E-state index contributed by atoms with van der Waals surface area (Å²) >= 11 is 0. The molecule has 1 aromatic heterocycles. The third-order valence-electron chi connectivity index (χ3n) is 3.81. The maximum atomic E-state index is 12.0. The summed E-state index contributed by atoms with van der Waals surface area (Å²) in [6, 6.07) is 9.68. The second-order valence-electron chi connectivity index (χ2n) is 5.35. The number of carbonyl (C=O) groups excluding carboxylic acids is 1. The highest BCUT2D eigenvalue weighted by molar-refractivity contribution is 5.94. The molecule has 4 nitrogen and oxygen atoms in total. The molecule has 0 unspecified atom stereocenters. The van der Waals surface area contributed by atoms with E-state index in [9.17, 15) is 4.79 Å². The molecule has 0 amide bonds. The molecular formula is C18H19NO3. The summed E-state index contributed by atoms with van der Waals surface area (Å²) < 4.78 is 10.5. The van der Waals surface area contributed by atoms with E-state index in [4.69, 9.17) is 9.47 Å². The van der Waals surface area contributed by atoms with Crippen molar-refractivity contribution in [2.45, 2.75) is 25.7 Å². The third kappa shape index (κ3) is 2.82. The Morgan fingerprint density at radius 2 is 2.14 bits per heavy atom. The Morgan fingerprint density at radius 1 is 1.32 bits per heavy atom. The van der Waals surface area contributed by atoms with Crippen molar-refractivity contribution in [2.75, 3.05) is 13.7 Å². The van der Waals surface area contributed by atoms with Crippen LogP contribution in [0.3, 0.4) is 0 Å². The van der Waals surface area contributed by atoms with Crippen LogP contribution in [0, 0.1) is 0 Å². The van der Waals surface area contributed by atoms with Crippen LogP contribution in [0.4, 0.5) is 0 Å². The van der Waals surface area contributed by atoms with E-state index in [1.54, 1.807) is 6.20 Å². The van der Waals surface area contributed by atoms with Gasteiger partial charge in [-0.3, -0.25) is 4.98 Å². The summed E-state index contributed by atoms with van der Waals surface area (Å²) in [4.78, 5) is 16.5. The zero-order chi connectivity index (χ0) is 15.5. The van der Waals surface area contributed by atoms with Crippen molar-refractivity contribution >= 4 is 5.97 Å². The highest BCUT2D eigenvalue weighted by Crippen LogP contribution is 2.46. The number of esters is 1. The molecule has 0 radical (unpaired) electrons. The first kappa shape index (κ1) is 14.6. The Hall–Kier alpha value is -2.36. The van der Waals surface area contributed by atoms with Crippen LogP contribution in [-0.4, -0.2) is 24.7 Å². The van der Waals surface area contributed by atoms with Crippen LogP contribution in [0.1, 0.15) is 41.6 Å². The second-order valence-corrected chi connectivity index (χ2v) is 5.35. The van der Waals surface area contributed by atoms with Crippen molar-refractivity contribution in [3.63, 3.8) is 0 Å². The lowest BCUT2D eigenvalue weighted by Gasteiger charge is -2.15. The molecule has 4 heteroatoms. The average Bonchev–Trinajstić information content (AvgIpc) is 3.40. The Kier molecular flexibility index (Phi) is 4.09. The lowest BCUT2D eigenvalue weighted by Crippen LogP contribution is -2.07. The fourth-order valence-corrected chi connectivity index (χ4v) is 2.62. The maximum absolute atomic E-state index is 12.0. The zero-order valence-electron chi connectivity index (χ0n) is 12.8. The molecule has 2 aromatic rings.